The van der Waals surface area contributed by atoms with Gasteiger partial charge in [0, 0.05) is 18.0 Å². The molecule has 27 heavy (non-hydrogen) atoms. The minimum Gasteiger partial charge on any atom is -0.354 e. The first-order valence-corrected chi connectivity index (χ1v) is 10.3. The van der Waals surface area contributed by atoms with Crippen LogP contribution in [0.2, 0.25) is 0 Å². The summed E-state index contributed by atoms with van der Waals surface area (Å²) in [6, 6.07) is 4.58. The molecule has 0 aliphatic carbocycles. The van der Waals surface area contributed by atoms with Gasteiger partial charge >= 0.3 is 0 Å². The Labute approximate surface area is 184 Å². The number of aryl methyl sites for hydroxylation is 1. The Balaban J connectivity index is 0.00000364. The van der Waals surface area contributed by atoms with Gasteiger partial charge in [-0.1, -0.05) is 32.8 Å². The lowest BCUT2D eigenvalue weighted by Gasteiger charge is -2.18. The number of rotatable bonds is 9. The van der Waals surface area contributed by atoms with E-state index in [0.29, 0.717) is 12.6 Å². The van der Waals surface area contributed by atoms with Gasteiger partial charge in [-0.15, -0.1) is 45.5 Å². The highest BCUT2D eigenvalue weighted by atomic mass is 127. The predicted molar refractivity (Wildman–Crippen MR) is 125 cm³/mol. The van der Waals surface area contributed by atoms with Gasteiger partial charge in [0.05, 0.1) is 6.54 Å². The molecule has 2 aromatic heterocycles. The van der Waals surface area contributed by atoms with Crippen LogP contribution in [-0.4, -0.2) is 26.8 Å². The maximum absolute atomic E-state index is 4.73. The fourth-order valence-corrected chi connectivity index (χ4v) is 3.26. The molecule has 2 aromatic rings. The van der Waals surface area contributed by atoms with Crippen LogP contribution in [-0.2, 0) is 20.1 Å². The largest absolute Gasteiger partial charge is 0.354 e. The van der Waals surface area contributed by atoms with Gasteiger partial charge in [0.15, 0.2) is 11.8 Å². The van der Waals surface area contributed by atoms with E-state index in [1.807, 2.05) is 18.5 Å². The van der Waals surface area contributed by atoms with Gasteiger partial charge in [-0.3, -0.25) is 0 Å². The number of hydrogen-bond donors (Lipinski definition) is 2. The second-order valence-corrected chi connectivity index (χ2v) is 8.22. The Kier molecular flexibility index (Phi) is 10.9. The van der Waals surface area contributed by atoms with Crippen molar-refractivity contribution in [2.75, 3.05) is 0 Å². The smallest absolute Gasteiger partial charge is 0.192 e. The van der Waals surface area contributed by atoms with Gasteiger partial charge in [0.25, 0.3) is 0 Å². The van der Waals surface area contributed by atoms with E-state index in [-0.39, 0.29) is 24.0 Å². The van der Waals surface area contributed by atoms with Gasteiger partial charge in [0.1, 0.15) is 12.4 Å². The van der Waals surface area contributed by atoms with Crippen molar-refractivity contribution in [1.82, 2.24) is 25.4 Å². The Morgan fingerprint density at radius 1 is 1.26 bits per heavy atom. The highest BCUT2D eigenvalue weighted by molar-refractivity contribution is 14.0. The number of nitrogens with one attached hydrogen (secondary N) is 2. The van der Waals surface area contributed by atoms with Crippen molar-refractivity contribution >= 4 is 41.3 Å². The third-order valence-electron chi connectivity index (χ3n) is 4.37. The molecule has 0 fully saturated rings. The molecule has 1 unspecified atom stereocenters. The number of nitrogens with zero attached hydrogens (tertiary/aromatic N) is 4. The molecule has 2 rings (SSSR count). The van der Waals surface area contributed by atoms with Crippen LogP contribution >= 0.6 is 35.3 Å². The normalized spacial score (nSPS) is 12.7. The van der Waals surface area contributed by atoms with Gasteiger partial charge in [-0.2, -0.15) is 0 Å². The standard InChI is InChI=1S/C19H32N6S.HI/c1-14(2)8-6-9-15(3)22-19(20-12-17-10-7-11-26-17)21-13-18-24-23-16(4)25(18)5;/h7,10-11,14-15H,6,8-9,12-13H2,1-5H3,(H2,20,21,22);1H. The molecule has 0 saturated carbocycles. The summed E-state index contributed by atoms with van der Waals surface area (Å²) in [5.74, 6) is 3.35. The van der Waals surface area contributed by atoms with E-state index in [2.05, 4.69) is 59.1 Å². The van der Waals surface area contributed by atoms with Crippen molar-refractivity contribution < 1.29 is 0 Å². The lowest BCUT2D eigenvalue weighted by Crippen LogP contribution is -2.42. The average Bonchev–Trinajstić information content (AvgIpc) is 3.21. The first-order chi connectivity index (χ1) is 12.5. The Morgan fingerprint density at radius 2 is 2.04 bits per heavy atom. The zero-order chi connectivity index (χ0) is 18.9. The van der Waals surface area contributed by atoms with Crippen LogP contribution in [0.3, 0.4) is 0 Å². The van der Waals surface area contributed by atoms with Gasteiger partial charge in [0.2, 0.25) is 0 Å². The Morgan fingerprint density at radius 3 is 2.63 bits per heavy atom. The minimum absolute atomic E-state index is 0. The summed E-state index contributed by atoms with van der Waals surface area (Å²) in [7, 11) is 1.97. The molecule has 0 spiro atoms. The van der Waals surface area contributed by atoms with Crippen LogP contribution in [0.25, 0.3) is 0 Å². The summed E-state index contributed by atoms with van der Waals surface area (Å²) in [6.07, 6.45) is 3.63. The highest BCUT2D eigenvalue weighted by Crippen LogP contribution is 2.09. The number of guanidine groups is 1. The number of thiophene rings is 1. The number of hydrogen-bond acceptors (Lipinski definition) is 4. The molecule has 0 aliphatic heterocycles. The van der Waals surface area contributed by atoms with Crippen molar-refractivity contribution in [3.8, 4) is 0 Å². The molecule has 0 aromatic carbocycles. The van der Waals surface area contributed by atoms with E-state index in [9.17, 15) is 0 Å². The number of halogens is 1. The topological polar surface area (TPSA) is 67.1 Å². The van der Waals surface area contributed by atoms with Crippen molar-refractivity contribution in [3.05, 3.63) is 34.0 Å². The van der Waals surface area contributed by atoms with Gasteiger partial charge < -0.3 is 15.2 Å². The van der Waals surface area contributed by atoms with Crippen molar-refractivity contribution in [1.29, 1.82) is 0 Å². The van der Waals surface area contributed by atoms with Crippen molar-refractivity contribution in [3.63, 3.8) is 0 Å². The summed E-state index contributed by atoms with van der Waals surface area (Å²) in [5, 5.41) is 17.4. The molecule has 2 heterocycles. The van der Waals surface area contributed by atoms with E-state index < -0.39 is 0 Å². The average molecular weight is 504 g/mol. The van der Waals surface area contributed by atoms with Crippen LogP contribution in [0.4, 0.5) is 0 Å². The maximum Gasteiger partial charge on any atom is 0.192 e. The third kappa shape index (κ3) is 8.59. The molecule has 0 bridgehead atoms. The molecule has 152 valence electrons. The molecule has 0 radical (unpaired) electrons. The summed E-state index contributed by atoms with van der Waals surface area (Å²) in [5.41, 5.74) is 0. The second kappa shape index (κ2) is 12.3. The fraction of sp³-hybridized carbons (Fsp3) is 0.632. The highest BCUT2D eigenvalue weighted by Gasteiger charge is 2.09. The molecule has 0 amide bonds. The van der Waals surface area contributed by atoms with Crippen molar-refractivity contribution in [2.24, 2.45) is 18.0 Å². The molecule has 8 heteroatoms. The van der Waals surface area contributed by atoms with Crippen molar-refractivity contribution in [2.45, 2.75) is 66.1 Å². The quantitative estimate of drug-likeness (QED) is 0.305. The van der Waals surface area contributed by atoms with Crippen LogP contribution in [0.5, 0.6) is 0 Å². The van der Waals surface area contributed by atoms with E-state index >= 15 is 0 Å². The zero-order valence-electron chi connectivity index (χ0n) is 17.0. The van der Waals surface area contributed by atoms with E-state index in [4.69, 9.17) is 4.99 Å². The molecule has 0 saturated heterocycles. The SMILES string of the molecule is Cc1nnc(CN=C(NCc2cccs2)NC(C)CCCC(C)C)n1C.I. The number of aromatic nitrogens is 3. The summed E-state index contributed by atoms with van der Waals surface area (Å²) in [6.45, 7) is 10.0. The molecular formula is C19H33IN6S. The molecular weight excluding hydrogens is 471 g/mol. The first-order valence-electron chi connectivity index (χ1n) is 9.37. The van der Waals surface area contributed by atoms with Crippen LogP contribution in [0, 0.1) is 12.8 Å². The molecule has 1 atom stereocenters. The molecule has 2 N–H and O–H groups in total. The molecule has 0 aliphatic rings. The fourth-order valence-electron chi connectivity index (χ4n) is 2.61. The van der Waals surface area contributed by atoms with Crippen LogP contribution in [0.15, 0.2) is 22.5 Å². The van der Waals surface area contributed by atoms with Gasteiger partial charge in [-0.25, -0.2) is 4.99 Å². The summed E-state index contributed by atoms with van der Waals surface area (Å²) in [4.78, 5) is 6.02. The minimum atomic E-state index is 0. The Hall–Kier alpha value is -1.16. The van der Waals surface area contributed by atoms with E-state index in [1.54, 1.807) is 11.3 Å². The van der Waals surface area contributed by atoms with Crippen LogP contribution in [0.1, 0.15) is 56.6 Å². The second-order valence-electron chi connectivity index (χ2n) is 7.19. The lowest BCUT2D eigenvalue weighted by molar-refractivity contribution is 0.491. The maximum atomic E-state index is 4.73. The van der Waals surface area contributed by atoms with E-state index in [1.165, 1.54) is 17.7 Å². The number of aliphatic imine (C=N–C) groups is 1. The molecule has 6 nitrogen and oxygen atoms in total. The Bertz CT molecular complexity index is 680. The monoisotopic (exact) mass is 504 g/mol. The van der Waals surface area contributed by atoms with Crippen LogP contribution < -0.4 is 10.6 Å². The van der Waals surface area contributed by atoms with Gasteiger partial charge in [-0.05, 0) is 37.6 Å². The zero-order valence-corrected chi connectivity index (χ0v) is 20.2. The summed E-state index contributed by atoms with van der Waals surface area (Å²) >= 11 is 1.75. The first kappa shape index (κ1) is 23.9. The predicted octanol–water partition coefficient (Wildman–Crippen LogP) is 4.25. The summed E-state index contributed by atoms with van der Waals surface area (Å²) < 4.78 is 1.98. The third-order valence-corrected chi connectivity index (χ3v) is 5.25. The lowest BCUT2D eigenvalue weighted by atomic mass is 10.0. The van der Waals surface area contributed by atoms with E-state index in [0.717, 1.165) is 36.5 Å².